The molecule has 1 heterocycles. The van der Waals surface area contributed by atoms with Gasteiger partial charge in [0, 0.05) is 0 Å². The van der Waals surface area contributed by atoms with E-state index in [1.165, 1.54) is 48.9 Å². The highest BCUT2D eigenvalue weighted by Gasteiger charge is 2.13. The van der Waals surface area contributed by atoms with Gasteiger partial charge in [0.1, 0.15) is 0 Å². The fourth-order valence-corrected chi connectivity index (χ4v) is 3.42. The molecule has 1 fully saturated rings. The van der Waals surface area contributed by atoms with Crippen LogP contribution >= 0.6 is 23.5 Å². The maximum atomic E-state index is 3.56. The summed E-state index contributed by atoms with van der Waals surface area (Å²) in [6.45, 7) is 4.70. The Morgan fingerprint density at radius 2 is 2.46 bits per heavy atom. The molecule has 13 heavy (non-hydrogen) atoms. The quantitative estimate of drug-likeness (QED) is 0.661. The Hall–Kier alpha value is 0.660. The summed E-state index contributed by atoms with van der Waals surface area (Å²) in [6, 6.07) is 0. The van der Waals surface area contributed by atoms with Gasteiger partial charge in [-0.05, 0) is 54.9 Å². The predicted molar refractivity (Wildman–Crippen MR) is 65.9 cm³/mol. The van der Waals surface area contributed by atoms with E-state index >= 15 is 0 Å². The Balaban J connectivity index is 1.78. The zero-order valence-corrected chi connectivity index (χ0v) is 10.2. The molecule has 0 aromatic heterocycles. The van der Waals surface area contributed by atoms with Crippen LogP contribution < -0.4 is 5.32 Å². The highest BCUT2D eigenvalue weighted by molar-refractivity contribution is 7.99. The van der Waals surface area contributed by atoms with E-state index < -0.39 is 0 Å². The van der Waals surface area contributed by atoms with E-state index in [1.54, 1.807) is 0 Å². The first-order valence-corrected chi connectivity index (χ1v) is 7.60. The Morgan fingerprint density at radius 3 is 3.15 bits per heavy atom. The summed E-state index contributed by atoms with van der Waals surface area (Å²) < 4.78 is 0. The number of nitrogens with one attached hydrogen (secondary N) is 1. The molecule has 0 aromatic rings. The fraction of sp³-hybridized carbons (Fsp3) is 1.00. The third-order valence-corrected chi connectivity index (χ3v) is 4.52. The summed E-state index contributed by atoms with van der Waals surface area (Å²) >= 11 is 4.16. The summed E-state index contributed by atoms with van der Waals surface area (Å²) in [5, 5.41) is 3.56. The predicted octanol–water partition coefficient (Wildman–Crippen LogP) is 2.47. The van der Waals surface area contributed by atoms with E-state index in [1.807, 2.05) is 11.8 Å². The van der Waals surface area contributed by atoms with Crippen molar-refractivity contribution in [3.8, 4) is 0 Å². The lowest BCUT2D eigenvalue weighted by atomic mass is 10.1. The molecule has 1 nitrogen and oxygen atoms in total. The maximum absolute atomic E-state index is 3.56. The van der Waals surface area contributed by atoms with E-state index in [-0.39, 0.29) is 0 Å². The first-order chi connectivity index (χ1) is 6.43. The Kier molecular flexibility index (Phi) is 7.23. The van der Waals surface area contributed by atoms with E-state index in [9.17, 15) is 0 Å². The minimum absolute atomic E-state index is 0.962. The van der Waals surface area contributed by atoms with Gasteiger partial charge in [0.15, 0.2) is 0 Å². The Labute approximate surface area is 90.8 Å². The zero-order chi connectivity index (χ0) is 9.36. The molecule has 0 aromatic carbocycles. The van der Waals surface area contributed by atoms with Crippen molar-refractivity contribution in [3.05, 3.63) is 0 Å². The van der Waals surface area contributed by atoms with Crippen LogP contribution in [0.4, 0.5) is 0 Å². The summed E-state index contributed by atoms with van der Waals surface area (Å²) in [6.07, 6.45) is 2.76. The van der Waals surface area contributed by atoms with Crippen molar-refractivity contribution < 1.29 is 0 Å². The number of thioether (sulfide) groups is 2. The van der Waals surface area contributed by atoms with E-state index in [2.05, 4.69) is 24.0 Å². The van der Waals surface area contributed by atoms with Crippen LogP contribution in [0.5, 0.6) is 0 Å². The number of hydrogen-bond acceptors (Lipinski definition) is 3. The van der Waals surface area contributed by atoms with Crippen molar-refractivity contribution in [1.29, 1.82) is 0 Å². The summed E-state index contributed by atoms with van der Waals surface area (Å²) in [5.74, 6) is 6.32. The molecule has 78 valence electrons. The molecule has 0 bridgehead atoms. The van der Waals surface area contributed by atoms with E-state index in [4.69, 9.17) is 0 Å². The van der Waals surface area contributed by atoms with Crippen LogP contribution in [0.25, 0.3) is 0 Å². The van der Waals surface area contributed by atoms with Crippen molar-refractivity contribution in [2.24, 2.45) is 5.92 Å². The SMILES string of the molecule is CCSCCCNCC1CCSC1. The van der Waals surface area contributed by atoms with Crippen molar-refractivity contribution in [3.63, 3.8) is 0 Å². The van der Waals surface area contributed by atoms with Crippen LogP contribution in [0.2, 0.25) is 0 Å². The molecule has 0 radical (unpaired) electrons. The zero-order valence-electron chi connectivity index (χ0n) is 8.55. The van der Waals surface area contributed by atoms with Crippen LogP contribution in [0.15, 0.2) is 0 Å². The van der Waals surface area contributed by atoms with Crippen LogP contribution in [0.3, 0.4) is 0 Å². The third kappa shape index (κ3) is 5.87. The highest BCUT2D eigenvalue weighted by Crippen LogP contribution is 2.22. The van der Waals surface area contributed by atoms with Gasteiger partial charge >= 0.3 is 0 Å². The monoisotopic (exact) mass is 219 g/mol. The van der Waals surface area contributed by atoms with Crippen molar-refractivity contribution in [1.82, 2.24) is 5.32 Å². The second-order valence-corrected chi connectivity index (χ2v) is 6.03. The molecule has 1 unspecified atom stereocenters. The van der Waals surface area contributed by atoms with Crippen molar-refractivity contribution >= 4 is 23.5 Å². The normalized spacial score (nSPS) is 22.4. The topological polar surface area (TPSA) is 12.0 Å². The van der Waals surface area contributed by atoms with Gasteiger partial charge in [0.05, 0.1) is 0 Å². The molecule has 0 amide bonds. The van der Waals surface area contributed by atoms with Crippen molar-refractivity contribution in [2.45, 2.75) is 19.8 Å². The minimum atomic E-state index is 0.962. The molecular weight excluding hydrogens is 198 g/mol. The molecule has 1 aliphatic rings. The third-order valence-electron chi connectivity index (χ3n) is 2.30. The first kappa shape index (κ1) is 11.7. The minimum Gasteiger partial charge on any atom is -0.316 e. The van der Waals surface area contributed by atoms with Gasteiger partial charge in [-0.2, -0.15) is 23.5 Å². The largest absolute Gasteiger partial charge is 0.316 e. The van der Waals surface area contributed by atoms with Gasteiger partial charge in [-0.3, -0.25) is 0 Å². The van der Waals surface area contributed by atoms with Gasteiger partial charge in [-0.1, -0.05) is 6.92 Å². The Morgan fingerprint density at radius 1 is 1.54 bits per heavy atom. The van der Waals surface area contributed by atoms with E-state index in [0.29, 0.717) is 0 Å². The van der Waals surface area contributed by atoms with Gasteiger partial charge < -0.3 is 5.32 Å². The average molecular weight is 219 g/mol. The summed E-state index contributed by atoms with van der Waals surface area (Å²) in [5.41, 5.74) is 0. The maximum Gasteiger partial charge on any atom is -0.00123 e. The average Bonchev–Trinajstić information content (AvgIpc) is 2.63. The number of hydrogen-bond donors (Lipinski definition) is 1. The standard InChI is InChI=1S/C10H21NS2/c1-2-12-6-3-5-11-8-10-4-7-13-9-10/h10-11H,2-9H2,1H3. The van der Waals surface area contributed by atoms with E-state index in [0.717, 1.165) is 5.92 Å². The molecule has 0 spiro atoms. The van der Waals surface area contributed by atoms with Crippen LogP contribution in [-0.2, 0) is 0 Å². The van der Waals surface area contributed by atoms with Gasteiger partial charge in [0.2, 0.25) is 0 Å². The molecule has 1 N–H and O–H groups in total. The smallest absolute Gasteiger partial charge is 0.00123 e. The Bertz CT molecular complexity index is 113. The van der Waals surface area contributed by atoms with Crippen LogP contribution in [0.1, 0.15) is 19.8 Å². The van der Waals surface area contributed by atoms with Crippen LogP contribution in [-0.4, -0.2) is 36.1 Å². The lowest BCUT2D eigenvalue weighted by Crippen LogP contribution is -2.23. The molecule has 0 saturated carbocycles. The lowest BCUT2D eigenvalue weighted by Gasteiger charge is -2.09. The van der Waals surface area contributed by atoms with Gasteiger partial charge in [-0.15, -0.1) is 0 Å². The van der Waals surface area contributed by atoms with Gasteiger partial charge in [-0.25, -0.2) is 0 Å². The number of rotatable bonds is 7. The summed E-state index contributed by atoms with van der Waals surface area (Å²) in [7, 11) is 0. The van der Waals surface area contributed by atoms with Gasteiger partial charge in [0.25, 0.3) is 0 Å². The molecule has 1 atom stereocenters. The van der Waals surface area contributed by atoms with Crippen molar-refractivity contribution in [2.75, 3.05) is 36.1 Å². The second kappa shape index (κ2) is 8.01. The molecule has 1 aliphatic heterocycles. The summed E-state index contributed by atoms with van der Waals surface area (Å²) in [4.78, 5) is 0. The fourth-order valence-electron chi connectivity index (χ4n) is 1.49. The van der Waals surface area contributed by atoms with Crippen LogP contribution in [0, 0.1) is 5.92 Å². The molecular formula is C10H21NS2. The molecule has 1 rings (SSSR count). The lowest BCUT2D eigenvalue weighted by molar-refractivity contribution is 0.523. The molecule has 1 saturated heterocycles. The second-order valence-electron chi connectivity index (χ2n) is 3.48. The molecule has 0 aliphatic carbocycles. The molecule has 3 heteroatoms. The highest BCUT2D eigenvalue weighted by atomic mass is 32.2. The first-order valence-electron chi connectivity index (χ1n) is 5.29.